The Morgan fingerprint density at radius 2 is 1.07 bits per heavy atom. The van der Waals surface area contributed by atoms with Gasteiger partial charge in [-0.05, 0) is 82.7 Å². The molecule has 0 fully saturated rings. The Bertz CT molecular complexity index is 3170. The fourth-order valence-electron chi connectivity index (χ4n) is 8.31. The number of nitrogens with zero attached hydrogens (tertiary/aromatic N) is 3. The smallest absolute Gasteiger partial charge is 0.146 e. The van der Waals surface area contributed by atoms with Gasteiger partial charge in [0, 0.05) is 62.0 Å². The monoisotopic (exact) mass is 703 g/mol. The fraction of sp³-hybridized carbons (Fsp3) is 0. The Morgan fingerprint density at radius 3 is 1.87 bits per heavy atom. The van der Waals surface area contributed by atoms with E-state index in [0.29, 0.717) is 0 Å². The first kappa shape index (κ1) is 31.1. The lowest BCUT2D eigenvalue weighted by Crippen LogP contribution is -2.10. The van der Waals surface area contributed by atoms with Crippen LogP contribution in [0.5, 0.6) is 0 Å². The molecule has 8 aromatic carbocycles. The Labute approximate surface area is 317 Å². The molecule has 55 heavy (non-hydrogen) atoms. The van der Waals surface area contributed by atoms with Crippen molar-refractivity contribution in [2.24, 2.45) is 0 Å². The van der Waals surface area contributed by atoms with Gasteiger partial charge in [0.2, 0.25) is 0 Å². The van der Waals surface area contributed by atoms with E-state index in [-0.39, 0.29) is 0 Å². The summed E-state index contributed by atoms with van der Waals surface area (Å²) in [5, 5.41) is 6.99. The summed E-state index contributed by atoms with van der Waals surface area (Å²) in [6, 6.07) is 67.1. The molecule has 0 spiro atoms. The van der Waals surface area contributed by atoms with Gasteiger partial charge in [0.25, 0.3) is 0 Å². The second kappa shape index (κ2) is 12.6. The van der Waals surface area contributed by atoms with Crippen LogP contribution in [0.25, 0.3) is 82.5 Å². The van der Waals surface area contributed by atoms with Crippen molar-refractivity contribution in [3.05, 3.63) is 200 Å². The Balaban J connectivity index is 1.04. The van der Waals surface area contributed by atoms with Crippen LogP contribution in [0.3, 0.4) is 0 Å². The molecule has 11 rings (SSSR count). The number of aromatic nitrogens is 2. The van der Waals surface area contributed by atoms with E-state index in [1.807, 2.05) is 30.6 Å². The number of furan rings is 1. The second-order valence-electron chi connectivity index (χ2n) is 14.0. The fourth-order valence-corrected chi connectivity index (χ4v) is 8.31. The molecular formula is C51H33N3O. The van der Waals surface area contributed by atoms with Crippen molar-refractivity contribution >= 4 is 71.6 Å². The summed E-state index contributed by atoms with van der Waals surface area (Å²) in [4.78, 5) is 6.98. The lowest BCUT2D eigenvalue weighted by atomic mass is 10.0. The van der Waals surface area contributed by atoms with Crippen molar-refractivity contribution in [3.63, 3.8) is 0 Å². The molecule has 11 aromatic rings. The number of hydrogen-bond acceptors (Lipinski definition) is 3. The summed E-state index contributed by atoms with van der Waals surface area (Å²) in [5.74, 6) is 0. The summed E-state index contributed by atoms with van der Waals surface area (Å²) < 4.78 is 8.76. The second-order valence-corrected chi connectivity index (χ2v) is 14.0. The maximum Gasteiger partial charge on any atom is 0.146 e. The van der Waals surface area contributed by atoms with Crippen LogP contribution in [-0.2, 0) is 0 Å². The first-order valence-electron chi connectivity index (χ1n) is 18.6. The molecule has 0 aliphatic carbocycles. The third-order valence-electron chi connectivity index (χ3n) is 10.9. The normalized spacial score (nSPS) is 11.6. The highest BCUT2D eigenvalue weighted by Gasteiger charge is 2.19. The van der Waals surface area contributed by atoms with E-state index in [1.165, 1.54) is 32.6 Å². The lowest BCUT2D eigenvalue weighted by molar-refractivity contribution is 0.669. The third kappa shape index (κ3) is 5.11. The first-order valence-corrected chi connectivity index (χ1v) is 18.6. The van der Waals surface area contributed by atoms with E-state index in [9.17, 15) is 0 Å². The van der Waals surface area contributed by atoms with Gasteiger partial charge in [0.05, 0.1) is 16.7 Å². The topological polar surface area (TPSA) is 34.2 Å². The SMILES string of the molecule is c1cc(-c2cccc(-n3c4ccccc4c4ccccc43)c2)cc(N(c2ccc(-c3cncc4c3oc3ccccc34)cc2)c2cccc3ccccc23)c1. The number of rotatable bonds is 6. The quantitative estimate of drug-likeness (QED) is 0.173. The van der Waals surface area contributed by atoms with Gasteiger partial charge in [0.1, 0.15) is 11.2 Å². The largest absolute Gasteiger partial charge is 0.455 e. The van der Waals surface area contributed by atoms with Gasteiger partial charge in [-0.3, -0.25) is 4.98 Å². The van der Waals surface area contributed by atoms with Gasteiger partial charge in [-0.2, -0.15) is 0 Å². The van der Waals surface area contributed by atoms with Gasteiger partial charge >= 0.3 is 0 Å². The van der Waals surface area contributed by atoms with Gasteiger partial charge in [0.15, 0.2) is 0 Å². The predicted octanol–water partition coefficient (Wildman–Crippen LogP) is 14.0. The van der Waals surface area contributed by atoms with Crippen LogP contribution in [0.2, 0.25) is 0 Å². The van der Waals surface area contributed by atoms with Crippen molar-refractivity contribution in [1.29, 1.82) is 0 Å². The van der Waals surface area contributed by atoms with Crippen molar-refractivity contribution in [3.8, 4) is 27.9 Å². The van der Waals surface area contributed by atoms with E-state index in [0.717, 1.165) is 66.9 Å². The van der Waals surface area contributed by atoms with E-state index >= 15 is 0 Å². The zero-order chi connectivity index (χ0) is 36.3. The number of para-hydroxylation sites is 3. The molecule has 0 amide bonds. The van der Waals surface area contributed by atoms with Crippen LogP contribution < -0.4 is 4.90 Å². The molecule has 0 radical (unpaired) electrons. The summed E-state index contributed by atoms with van der Waals surface area (Å²) >= 11 is 0. The van der Waals surface area contributed by atoms with E-state index in [2.05, 4.69) is 184 Å². The number of hydrogen-bond donors (Lipinski definition) is 0. The highest BCUT2D eigenvalue weighted by atomic mass is 16.3. The molecule has 3 aromatic heterocycles. The van der Waals surface area contributed by atoms with Gasteiger partial charge in [-0.15, -0.1) is 0 Å². The number of benzene rings is 8. The minimum absolute atomic E-state index is 0.852. The lowest BCUT2D eigenvalue weighted by Gasteiger charge is -2.27. The summed E-state index contributed by atoms with van der Waals surface area (Å²) in [6.07, 6.45) is 3.80. The Kier molecular flexibility index (Phi) is 7.14. The maximum absolute atomic E-state index is 6.38. The number of anilines is 3. The average Bonchev–Trinajstić information content (AvgIpc) is 3.81. The van der Waals surface area contributed by atoms with Crippen LogP contribution in [-0.4, -0.2) is 9.55 Å². The van der Waals surface area contributed by atoms with Crippen molar-refractivity contribution < 1.29 is 4.42 Å². The first-order chi connectivity index (χ1) is 27.3. The third-order valence-corrected chi connectivity index (χ3v) is 10.9. The molecule has 0 saturated carbocycles. The maximum atomic E-state index is 6.38. The molecule has 0 aliphatic heterocycles. The van der Waals surface area contributed by atoms with Crippen molar-refractivity contribution in [2.75, 3.05) is 4.90 Å². The molecule has 0 N–H and O–H groups in total. The van der Waals surface area contributed by atoms with Crippen LogP contribution in [0.15, 0.2) is 205 Å². The zero-order valence-corrected chi connectivity index (χ0v) is 29.8. The van der Waals surface area contributed by atoms with Crippen molar-refractivity contribution in [1.82, 2.24) is 9.55 Å². The van der Waals surface area contributed by atoms with E-state index in [1.54, 1.807) is 0 Å². The zero-order valence-electron chi connectivity index (χ0n) is 29.8. The minimum Gasteiger partial charge on any atom is -0.455 e. The Hall–Kier alpha value is -7.43. The molecule has 4 nitrogen and oxygen atoms in total. The van der Waals surface area contributed by atoms with Gasteiger partial charge in [-0.1, -0.05) is 127 Å². The molecule has 0 unspecified atom stereocenters. The molecule has 0 bridgehead atoms. The summed E-state index contributed by atoms with van der Waals surface area (Å²) in [7, 11) is 0. The summed E-state index contributed by atoms with van der Waals surface area (Å²) in [6.45, 7) is 0. The number of pyridine rings is 1. The van der Waals surface area contributed by atoms with Crippen LogP contribution in [0.4, 0.5) is 17.1 Å². The van der Waals surface area contributed by atoms with Crippen LogP contribution >= 0.6 is 0 Å². The molecular weight excluding hydrogens is 671 g/mol. The molecule has 3 heterocycles. The summed E-state index contributed by atoms with van der Waals surface area (Å²) in [5.41, 5.74) is 12.8. The van der Waals surface area contributed by atoms with Crippen molar-refractivity contribution in [2.45, 2.75) is 0 Å². The standard InChI is InChI=1S/C51H33N3O/c1-2-18-41-34(12-1)13-11-24-47(41)53(38-28-26-35(27-29-38)45-32-52-33-46-44-21-5-8-25-50(44)55-51(45)46)39-16-9-14-36(30-39)37-15-10-17-40(31-37)54-48-22-6-3-19-42(48)43-20-4-7-23-49(43)54/h1-33H. The molecule has 258 valence electrons. The molecule has 0 saturated heterocycles. The van der Waals surface area contributed by atoms with Crippen LogP contribution in [0.1, 0.15) is 0 Å². The van der Waals surface area contributed by atoms with Gasteiger partial charge < -0.3 is 13.9 Å². The number of fused-ring (bicyclic) bond motifs is 7. The molecule has 0 atom stereocenters. The van der Waals surface area contributed by atoms with E-state index < -0.39 is 0 Å². The Morgan fingerprint density at radius 1 is 0.436 bits per heavy atom. The highest BCUT2D eigenvalue weighted by molar-refractivity contribution is 6.10. The molecule has 0 aliphatic rings. The van der Waals surface area contributed by atoms with Crippen LogP contribution in [0, 0.1) is 0 Å². The predicted molar refractivity (Wildman–Crippen MR) is 229 cm³/mol. The minimum atomic E-state index is 0.852. The van der Waals surface area contributed by atoms with Gasteiger partial charge in [-0.25, -0.2) is 0 Å². The molecule has 4 heteroatoms. The van der Waals surface area contributed by atoms with E-state index in [4.69, 9.17) is 4.42 Å². The average molecular weight is 704 g/mol. The highest BCUT2D eigenvalue weighted by Crippen LogP contribution is 2.42.